The average Bonchev–Trinajstić information content (AvgIpc) is 2.76. The number of rotatable bonds is 7. The summed E-state index contributed by atoms with van der Waals surface area (Å²) in [5.41, 5.74) is 3.21. The van der Waals surface area contributed by atoms with Crippen LogP contribution in [-0.4, -0.2) is 44.6 Å². The van der Waals surface area contributed by atoms with E-state index in [4.69, 9.17) is 14.5 Å². The first-order valence-corrected chi connectivity index (χ1v) is 10.2. The molecule has 0 saturated heterocycles. The van der Waals surface area contributed by atoms with Gasteiger partial charge in [-0.05, 0) is 38.5 Å². The number of fused-ring (bicyclic) bond motifs is 1. The Balaban J connectivity index is 1.59. The van der Waals surface area contributed by atoms with E-state index in [9.17, 15) is 4.79 Å². The predicted octanol–water partition coefficient (Wildman–Crippen LogP) is 2.58. The monoisotopic (exact) mass is 407 g/mol. The number of benzene rings is 1. The summed E-state index contributed by atoms with van der Waals surface area (Å²) >= 11 is 0. The van der Waals surface area contributed by atoms with E-state index in [1.165, 1.54) is 6.33 Å². The number of hydrogen-bond donors (Lipinski definition) is 1. The predicted molar refractivity (Wildman–Crippen MR) is 112 cm³/mol. The summed E-state index contributed by atoms with van der Waals surface area (Å²) < 4.78 is 11.5. The quantitative estimate of drug-likeness (QED) is 0.643. The van der Waals surface area contributed by atoms with Crippen molar-refractivity contribution in [2.75, 3.05) is 19.8 Å². The summed E-state index contributed by atoms with van der Waals surface area (Å²) in [6, 6.07) is 5.92. The lowest BCUT2D eigenvalue weighted by Gasteiger charge is -2.28. The van der Waals surface area contributed by atoms with Crippen LogP contribution in [0.15, 0.2) is 41.7 Å². The lowest BCUT2D eigenvalue weighted by molar-refractivity contribution is 0.234. The van der Waals surface area contributed by atoms with Crippen molar-refractivity contribution < 1.29 is 9.47 Å². The van der Waals surface area contributed by atoms with Crippen LogP contribution in [0.5, 0.6) is 11.5 Å². The Morgan fingerprint density at radius 3 is 2.70 bits per heavy atom. The molecule has 3 heterocycles. The summed E-state index contributed by atoms with van der Waals surface area (Å²) in [7, 11) is 0. The molecule has 8 heteroatoms. The Labute approximate surface area is 174 Å². The fourth-order valence-electron chi connectivity index (χ4n) is 3.66. The van der Waals surface area contributed by atoms with Crippen LogP contribution < -0.4 is 15.0 Å². The zero-order valence-electron chi connectivity index (χ0n) is 17.2. The van der Waals surface area contributed by atoms with Gasteiger partial charge in [-0.15, -0.1) is 0 Å². The normalized spacial score (nSPS) is 13.7. The van der Waals surface area contributed by atoms with Gasteiger partial charge in [0.05, 0.1) is 24.5 Å². The Morgan fingerprint density at radius 1 is 1.13 bits per heavy atom. The minimum absolute atomic E-state index is 0.0909. The van der Waals surface area contributed by atoms with Crippen molar-refractivity contribution in [3.8, 4) is 22.9 Å². The number of aromatic amines is 1. The van der Waals surface area contributed by atoms with E-state index < -0.39 is 0 Å². The first kappa shape index (κ1) is 20.0. The van der Waals surface area contributed by atoms with Gasteiger partial charge in [0.1, 0.15) is 23.7 Å². The molecular weight excluding hydrogens is 382 g/mol. The zero-order valence-corrected chi connectivity index (χ0v) is 17.2. The van der Waals surface area contributed by atoms with E-state index in [1.807, 2.05) is 32.0 Å². The maximum Gasteiger partial charge on any atom is 0.254 e. The summed E-state index contributed by atoms with van der Waals surface area (Å²) in [6.07, 6.45) is 5.39. The molecule has 0 amide bonds. The van der Waals surface area contributed by atoms with E-state index in [-0.39, 0.29) is 5.56 Å². The van der Waals surface area contributed by atoms with E-state index in [1.54, 1.807) is 12.4 Å². The molecule has 1 aromatic carbocycles. The third-order valence-corrected chi connectivity index (χ3v) is 5.02. The molecule has 1 aliphatic heterocycles. The molecule has 8 nitrogen and oxygen atoms in total. The van der Waals surface area contributed by atoms with E-state index >= 15 is 0 Å². The second-order valence-electron chi connectivity index (χ2n) is 7.06. The second-order valence-corrected chi connectivity index (χ2v) is 7.06. The number of hydrogen-bond acceptors (Lipinski definition) is 7. The zero-order chi connectivity index (χ0) is 20.9. The van der Waals surface area contributed by atoms with Gasteiger partial charge >= 0.3 is 0 Å². The van der Waals surface area contributed by atoms with Crippen molar-refractivity contribution >= 4 is 0 Å². The van der Waals surface area contributed by atoms with Gasteiger partial charge in [0.25, 0.3) is 5.56 Å². The minimum Gasteiger partial charge on any atom is -0.494 e. The van der Waals surface area contributed by atoms with E-state index in [0.717, 1.165) is 34.9 Å². The van der Waals surface area contributed by atoms with Gasteiger partial charge in [-0.2, -0.15) is 0 Å². The molecule has 30 heavy (non-hydrogen) atoms. The largest absolute Gasteiger partial charge is 0.494 e. The Kier molecular flexibility index (Phi) is 6.04. The fraction of sp³-hybridized carbons (Fsp3) is 0.364. The van der Waals surface area contributed by atoms with Gasteiger partial charge in [-0.3, -0.25) is 9.69 Å². The van der Waals surface area contributed by atoms with Gasteiger partial charge in [-0.1, -0.05) is 0 Å². The molecule has 0 fully saturated rings. The minimum atomic E-state index is -0.0909. The van der Waals surface area contributed by atoms with Crippen molar-refractivity contribution in [3.63, 3.8) is 0 Å². The average molecular weight is 407 g/mol. The first-order chi connectivity index (χ1) is 14.7. The summed E-state index contributed by atoms with van der Waals surface area (Å²) in [6.45, 7) is 7.21. The van der Waals surface area contributed by atoms with Crippen LogP contribution in [-0.2, 0) is 19.5 Å². The van der Waals surface area contributed by atoms with Crippen molar-refractivity contribution in [2.24, 2.45) is 0 Å². The number of nitrogens with zero attached hydrogens (tertiary/aromatic N) is 4. The lowest BCUT2D eigenvalue weighted by atomic mass is 10.0. The maximum absolute atomic E-state index is 12.6. The molecule has 0 radical (unpaired) electrons. The fourth-order valence-corrected chi connectivity index (χ4v) is 3.66. The third-order valence-electron chi connectivity index (χ3n) is 5.02. The molecule has 2 aromatic heterocycles. The molecule has 3 aromatic rings. The van der Waals surface area contributed by atoms with E-state index in [0.29, 0.717) is 44.1 Å². The number of nitrogens with one attached hydrogen (secondary N) is 1. The van der Waals surface area contributed by atoms with Crippen LogP contribution in [0.1, 0.15) is 30.7 Å². The summed E-state index contributed by atoms with van der Waals surface area (Å²) in [4.78, 5) is 30.5. The highest BCUT2D eigenvalue weighted by Crippen LogP contribution is 2.27. The van der Waals surface area contributed by atoms with Gasteiger partial charge < -0.3 is 14.5 Å². The standard InChI is InChI=1S/C22H25N5O3/c1-3-29-17-5-6-20(30-4-2)15(9-17)12-27-8-7-18-19(13-27)25-21(26-22(18)28)16-10-23-14-24-11-16/h5-6,9-11,14H,3-4,7-8,12-13H2,1-2H3,(H,25,26,28). The Bertz CT molecular complexity index is 1070. The molecule has 0 atom stereocenters. The molecule has 1 aliphatic rings. The van der Waals surface area contributed by atoms with Crippen molar-refractivity contribution in [3.05, 3.63) is 64.1 Å². The summed E-state index contributed by atoms with van der Waals surface area (Å²) in [5.74, 6) is 2.18. The van der Waals surface area contributed by atoms with Gasteiger partial charge in [-0.25, -0.2) is 15.0 Å². The van der Waals surface area contributed by atoms with Crippen LogP contribution in [0.4, 0.5) is 0 Å². The SMILES string of the molecule is CCOc1ccc(OCC)c(CN2CCc3c(nc(-c4cncnc4)[nH]c3=O)C2)c1. The highest BCUT2D eigenvalue weighted by atomic mass is 16.5. The molecule has 0 aliphatic carbocycles. The molecular formula is C22H25N5O3. The number of ether oxygens (including phenoxy) is 2. The summed E-state index contributed by atoms with van der Waals surface area (Å²) in [5, 5.41) is 0. The number of aromatic nitrogens is 4. The first-order valence-electron chi connectivity index (χ1n) is 10.2. The lowest BCUT2D eigenvalue weighted by Crippen LogP contribution is -2.35. The number of H-pyrrole nitrogens is 1. The van der Waals surface area contributed by atoms with Crippen LogP contribution in [0.2, 0.25) is 0 Å². The maximum atomic E-state index is 12.6. The highest BCUT2D eigenvalue weighted by molar-refractivity contribution is 5.52. The smallest absolute Gasteiger partial charge is 0.254 e. The Morgan fingerprint density at radius 2 is 1.93 bits per heavy atom. The Hall–Kier alpha value is -3.26. The highest BCUT2D eigenvalue weighted by Gasteiger charge is 2.22. The molecule has 0 unspecified atom stereocenters. The van der Waals surface area contributed by atoms with Gasteiger partial charge in [0.15, 0.2) is 0 Å². The molecule has 0 spiro atoms. The van der Waals surface area contributed by atoms with Crippen molar-refractivity contribution in [2.45, 2.75) is 33.4 Å². The molecule has 0 saturated carbocycles. The van der Waals surface area contributed by atoms with Crippen LogP contribution in [0, 0.1) is 0 Å². The van der Waals surface area contributed by atoms with Crippen molar-refractivity contribution in [1.29, 1.82) is 0 Å². The molecule has 1 N–H and O–H groups in total. The van der Waals surface area contributed by atoms with Gasteiger partial charge in [0.2, 0.25) is 0 Å². The van der Waals surface area contributed by atoms with Crippen LogP contribution >= 0.6 is 0 Å². The van der Waals surface area contributed by atoms with Crippen molar-refractivity contribution in [1.82, 2.24) is 24.8 Å². The third kappa shape index (κ3) is 4.33. The van der Waals surface area contributed by atoms with Gasteiger partial charge in [0, 0.05) is 43.2 Å². The molecule has 156 valence electrons. The topological polar surface area (TPSA) is 93.2 Å². The molecule has 4 rings (SSSR count). The molecule has 0 bridgehead atoms. The van der Waals surface area contributed by atoms with E-state index in [2.05, 4.69) is 19.9 Å². The second kappa shape index (κ2) is 9.04. The van der Waals surface area contributed by atoms with Crippen LogP contribution in [0.25, 0.3) is 11.4 Å². The van der Waals surface area contributed by atoms with Crippen LogP contribution in [0.3, 0.4) is 0 Å².